The Kier molecular flexibility index (Phi) is 6.11. The van der Waals surface area contributed by atoms with Crippen LogP contribution in [-0.2, 0) is 0 Å². The molecule has 0 saturated heterocycles. The van der Waals surface area contributed by atoms with E-state index in [0.717, 1.165) is 0 Å². The number of fused-ring (bicyclic) bond motifs is 16. The van der Waals surface area contributed by atoms with Gasteiger partial charge in [0.2, 0.25) is 0 Å². The molecule has 0 spiro atoms. The summed E-state index contributed by atoms with van der Waals surface area (Å²) in [4.78, 5) is 5.26. The van der Waals surface area contributed by atoms with E-state index in [9.17, 15) is 0 Å². The topological polar surface area (TPSA) is 9.86 Å². The zero-order chi connectivity index (χ0) is 35.1. The molecule has 12 aromatic rings. The van der Waals surface area contributed by atoms with E-state index < -0.39 is 0 Å². The van der Waals surface area contributed by atoms with Gasteiger partial charge in [-0.2, -0.15) is 0 Å². The molecule has 0 unspecified atom stereocenters. The molecule has 13 rings (SSSR count). The number of aromatic nitrogens is 2. The second-order valence-corrected chi connectivity index (χ2v) is 18.2. The highest BCUT2D eigenvalue weighted by atomic mass is 32.2. The lowest BCUT2D eigenvalue weighted by Gasteiger charge is -2.22. The number of rotatable bonds is 2. The molecule has 2 nitrogen and oxygen atoms in total. The number of hydrogen-bond donors (Lipinski definition) is 0. The van der Waals surface area contributed by atoms with E-state index in [0.29, 0.717) is 0 Å². The van der Waals surface area contributed by atoms with E-state index in [4.69, 9.17) is 0 Å². The van der Waals surface area contributed by atoms with Crippen molar-refractivity contribution in [3.8, 4) is 11.4 Å². The standard InChI is InChI=1S/C48H26N2S4/c1-5-17-35-27(11-1)31-23-25-41-47(43(31)49(35)37-19-9-15-33-29-13-3-7-21-39(29)51-45(33)37)53-42-26-24-32-28-12-2-6-18-36(28)50(44(32)48(42)54-41)38-20-10-16-34-30-14-4-8-22-40(30)52-46(34)38/h1-26H. The first-order chi connectivity index (χ1) is 26.8. The van der Waals surface area contributed by atoms with Crippen molar-refractivity contribution < 1.29 is 0 Å². The van der Waals surface area contributed by atoms with Crippen LogP contribution >= 0.6 is 46.2 Å². The third-order valence-corrected chi connectivity index (χ3v) is 16.2. The Bertz CT molecular complexity index is 3340. The van der Waals surface area contributed by atoms with Gasteiger partial charge in [-0.3, -0.25) is 0 Å². The van der Waals surface area contributed by atoms with Crippen molar-refractivity contribution in [2.45, 2.75) is 19.6 Å². The maximum Gasteiger partial charge on any atom is 0.0692 e. The molecule has 0 fully saturated rings. The molecule has 6 heteroatoms. The van der Waals surface area contributed by atoms with Gasteiger partial charge in [-0.15, -0.1) is 22.7 Å². The second-order valence-electron chi connectivity index (χ2n) is 14.0. The van der Waals surface area contributed by atoms with Crippen LogP contribution in [0.3, 0.4) is 0 Å². The molecular formula is C48H26N2S4. The van der Waals surface area contributed by atoms with Gasteiger partial charge in [0, 0.05) is 62.3 Å². The van der Waals surface area contributed by atoms with Crippen molar-refractivity contribution in [2.24, 2.45) is 0 Å². The third-order valence-electron chi connectivity index (χ3n) is 11.2. The van der Waals surface area contributed by atoms with Gasteiger partial charge in [-0.05, 0) is 48.5 Å². The largest absolute Gasteiger partial charge is 0.307 e. The number of nitrogens with zero attached hydrogens (tertiary/aromatic N) is 2. The van der Waals surface area contributed by atoms with Crippen LogP contribution in [0.4, 0.5) is 0 Å². The van der Waals surface area contributed by atoms with Crippen LogP contribution in [0.1, 0.15) is 0 Å². The van der Waals surface area contributed by atoms with Gasteiger partial charge in [0.25, 0.3) is 0 Å². The molecule has 4 aromatic heterocycles. The van der Waals surface area contributed by atoms with Crippen molar-refractivity contribution in [1.29, 1.82) is 0 Å². The van der Waals surface area contributed by atoms with Crippen LogP contribution in [0.25, 0.3) is 95.3 Å². The van der Waals surface area contributed by atoms with Gasteiger partial charge in [0.15, 0.2) is 0 Å². The average Bonchev–Trinajstić information content (AvgIpc) is 3.98. The molecule has 0 amide bonds. The lowest BCUT2D eigenvalue weighted by Crippen LogP contribution is -2.00. The fourth-order valence-corrected chi connectivity index (χ4v) is 13.8. The first-order valence-corrected chi connectivity index (χ1v) is 21.4. The summed E-state index contributed by atoms with van der Waals surface area (Å²) in [5.74, 6) is 0. The molecule has 0 atom stereocenters. The highest BCUT2D eigenvalue weighted by Crippen LogP contribution is 2.56. The predicted molar refractivity (Wildman–Crippen MR) is 236 cm³/mol. The van der Waals surface area contributed by atoms with E-state index in [-0.39, 0.29) is 0 Å². The minimum Gasteiger partial charge on any atom is -0.307 e. The average molecular weight is 759 g/mol. The molecule has 0 bridgehead atoms. The van der Waals surface area contributed by atoms with Crippen LogP contribution in [0.2, 0.25) is 0 Å². The predicted octanol–water partition coefficient (Wildman–Crippen LogP) is 15.2. The number of hydrogen-bond acceptors (Lipinski definition) is 4. The summed E-state index contributed by atoms with van der Waals surface area (Å²) < 4.78 is 10.4. The second kappa shape index (κ2) is 11.0. The van der Waals surface area contributed by atoms with Crippen molar-refractivity contribution in [2.75, 3.05) is 0 Å². The normalized spacial score (nSPS) is 13.0. The van der Waals surface area contributed by atoms with Gasteiger partial charge >= 0.3 is 0 Å². The summed E-state index contributed by atoms with van der Waals surface area (Å²) in [6, 6.07) is 58.6. The molecule has 0 N–H and O–H groups in total. The van der Waals surface area contributed by atoms with Gasteiger partial charge < -0.3 is 9.13 Å². The zero-order valence-electron chi connectivity index (χ0n) is 28.5. The van der Waals surface area contributed by atoms with Crippen LogP contribution in [0.5, 0.6) is 0 Å². The summed E-state index contributed by atoms with van der Waals surface area (Å²) in [6.45, 7) is 0. The van der Waals surface area contributed by atoms with Gasteiger partial charge in [-0.1, -0.05) is 133 Å². The molecule has 1 aliphatic rings. The Hall–Kier alpha value is -5.50. The maximum atomic E-state index is 2.55. The number of para-hydroxylation sites is 2. The third kappa shape index (κ3) is 3.93. The van der Waals surface area contributed by atoms with E-state index in [1.165, 1.54) is 115 Å². The van der Waals surface area contributed by atoms with Gasteiger partial charge in [-0.25, -0.2) is 0 Å². The van der Waals surface area contributed by atoms with Crippen molar-refractivity contribution in [3.63, 3.8) is 0 Å². The van der Waals surface area contributed by atoms with E-state index >= 15 is 0 Å². The summed E-state index contributed by atoms with van der Waals surface area (Å²) >= 11 is 7.67. The van der Waals surface area contributed by atoms with Crippen LogP contribution in [0.15, 0.2) is 177 Å². The van der Waals surface area contributed by atoms with Crippen molar-refractivity contribution in [3.05, 3.63) is 158 Å². The summed E-state index contributed by atoms with van der Waals surface area (Å²) in [7, 11) is 0. The van der Waals surface area contributed by atoms with Crippen molar-refractivity contribution >= 4 is 130 Å². The highest BCUT2D eigenvalue weighted by molar-refractivity contribution is 8.05. The van der Waals surface area contributed by atoms with Crippen LogP contribution < -0.4 is 0 Å². The fraction of sp³-hybridized carbons (Fsp3) is 0. The van der Waals surface area contributed by atoms with E-state index in [2.05, 4.69) is 167 Å². The number of thiophene rings is 2. The molecule has 0 aliphatic carbocycles. The van der Waals surface area contributed by atoms with Crippen LogP contribution in [0, 0.1) is 0 Å². The van der Waals surface area contributed by atoms with E-state index in [1.54, 1.807) is 0 Å². The lowest BCUT2D eigenvalue weighted by atomic mass is 10.1. The Morgan fingerprint density at radius 1 is 0.315 bits per heavy atom. The van der Waals surface area contributed by atoms with Gasteiger partial charge in [0.05, 0.1) is 52.6 Å². The molecule has 5 heterocycles. The Morgan fingerprint density at radius 2 is 0.722 bits per heavy atom. The van der Waals surface area contributed by atoms with Crippen LogP contribution in [-0.4, -0.2) is 9.13 Å². The smallest absolute Gasteiger partial charge is 0.0692 e. The molecule has 252 valence electrons. The Labute approximate surface area is 325 Å². The molecule has 0 saturated carbocycles. The Balaban J connectivity index is 1.09. The highest BCUT2D eigenvalue weighted by Gasteiger charge is 2.28. The molecule has 0 radical (unpaired) electrons. The van der Waals surface area contributed by atoms with E-state index in [1.807, 2.05) is 46.2 Å². The summed E-state index contributed by atoms with van der Waals surface area (Å²) in [5.41, 5.74) is 7.56. The fourth-order valence-electron chi connectivity index (χ4n) is 8.91. The zero-order valence-corrected chi connectivity index (χ0v) is 31.8. The molecule has 8 aromatic carbocycles. The summed E-state index contributed by atoms with van der Waals surface area (Å²) in [5, 5.41) is 10.5. The maximum absolute atomic E-state index is 2.55. The first kappa shape index (κ1) is 29.9. The first-order valence-electron chi connectivity index (χ1n) is 18.1. The SMILES string of the molecule is c1ccc2c(c1)sc1c(-n3c4ccccc4c4ccc5c(c43)Sc3ccc4c6ccccc6n(-c6cccc7c6sc6ccccc67)c4c3S5)cccc12. The quantitative estimate of drug-likeness (QED) is 0.174. The number of benzene rings is 8. The molecule has 1 aliphatic heterocycles. The molecular weight excluding hydrogens is 733 g/mol. The van der Waals surface area contributed by atoms with Crippen molar-refractivity contribution in [1.82, 2.24) is 9.13 Å². The van der Waals surface area contributed by atoms with Gasteiger partial charge in [0.1, 0.15) is 0 Å². The lowest BCUT2D eigenvalue weighted by molar-refractivity contribution is 1.11. The minimum atomic E-state index is 1.24. The monoisotopic (exact) mass is 758 g/mol. The molecule has 54 heavy (non-hydrogen) atoms. The minimum absolute atomic E-state index is 1.24. The summed E-state index contributed by atoms with van der Waals surface area (Å²) in [6.07, 6.45) is 0. The Morgan fingerprint density at radius 3 is 1.20 bits per heavy atom.